The van der Waals surface area contributed by atoms with Crippen molar-refractivity contribution in [1.82, 2.24) is 25.2 Å². The van der Waals surface area contributed by atoms with Gasteiger partial charge in [0.05, 0.1) is 0 Å². The predicted molar refractivity (Wildman–Crippen MR) is 139 cm³/mol. The summed E-state index contributed by atoms with van der Waals surface area (Å²) < 4.78 is 0. The molecule has 0 amide bonds. The van der Waals surface area contributed by atoms with Gasteiger partial charge in [-0.2, -0.15) is 0 Å². The smallest absolute Gasteiger partial charge is 0.190 e. The average molecular weight is 468 g/mol. The molecule has 0 bridgehead atoms. The molecule has 33 heavy (non-hydrogen) atoms. The maximum absolute atomic E-state index is 4.89. The standard InChI is InChI=1S/C25H37N7S/c1-16(2)32-11-9-19(15-32)28-21-12-18(14-27-17(3)25(4,5)6)13-22(30-21)31-24-29-20-8-7-10-26-23(20)33-24/h7-8,10,12-13,16-17,19,27H,9,11,14-15H2,1-6H3,(H2,28,29,30,31)/t17-,19-/m0/s1. The second-order valence-corrected chi connectivity index (χ2v) is 11.4. The molecule has 3 aromatic rings. The van der Waals surface area contributed by atoms with Gasteiger partial charge in [0.25, 0.3) is 0 Å². The Balaban J connectivity index is 1.54. The number of nitrogens with zero attached hydrogens (tertiary/aromatic N) is 4. The van der Waals surface area contributed by atoms with Crippen molar-refractivity contribution in [3.05, 3.63) is 36.0 Å². The minimum atomic E-state index is 0.202. The van der Waals surface area contributed by atoms with Crippen molar-refractivity contribution in [3.8, 4) is 0 Å². The van der Waals surface area contributed by atoms with Gasteiger partial charge in [-0.25, -0.2) is 15.0 Å². The first-order valence-electron chi connectivity index (χ1n) is 11.9. The number of rotatable bonds is 8. The molecule has 0 radical (unpaired) electrons. The van der Waals surface area contributed by atoms with Gasteiger partial charge in [0, 0.05) is 44.0 Å². The summed E-state index contributed by atoms with van der Waals surface area (Å²) in [4.78, 5) is 17.4. The molecule has 0 aromatic carbocycles. The predicted octanol–water partition coefficient (Wildman–Crippen LogP) is 5.25. The molecule has 0 spiro atoms. The maximum atomic E-state index is 4.89. The van der Waals surface area contributed by atoms with Crippen LogP contribution in [0.5, 0.6) is 0 Å². The van der Waals surface area contributed by atoms with Crippen molar-refractivity contribution >= 4 is 38.5 Å². The lowest BCUT2D eigenvalue weighted by molar-refractivity contribution is 0.274. The van der Waals surface area contributed by atoms with Gasteiger partial charge in [-0.3, -0.25) is 4.90 Å². The third-order valence-electron chi connectivity index (χ3n) is 6.50. The van der Waals surface area contributed by atoms with Gasteiger partial charge in [0.15, 0.2) is 5.13 Å². The fraction of sp³-hybridized carbons (Fsp3) is 0.560. The Morgan fingerprint density at radius 2 is 1.94 bits per heavy atom. The van der Waals surface area contributed by atoms with Gasteiger partial charge < -0.3 is 16.0 Å². The second-order valence-electron chi connectivity index (χ2n) is 10.4. The van der Waals surface area contributed by atoms with E-state index in [0.29, 0.717) is 18.1 Å². The van der Waals surface area contributed by atoms with Gasteiger partial charge >= 0.3 is 0 Å². The highest BCUT2D eigenvalue weighted by Crippen LogP contribution is 2.28. The third-order valence-corrected chi connectivity index (χ3v) is 7.39. The van der Waals surface area contributed by atoms with E-state index >= 15 is 0 Å². The lowest BCUT2D eigenvalue weighted by atomic mass is 9.88. The number of hydrogen-bond donors (Lipinski definition) is 3. The van der Waals surface area contributed by atoms with E-state index < -0.39 is 0 Å². The molecule has 3 N–H and O–H groups in total. The molecule has 3 aromatic heterocycles. The number of likely N-dealkylation sites (tertiary alicyclic amines) is 1. The zero-order valence-corrected chi connectivity index (χ0v) is 21.5. The first kappa shape index (κ1) is 23.9. The van der Waals surface area contributed by atoms with Crippen LogP contribution in [0, 0.1) is 5.41 Å². The SMILES string of the molecule is CC(C)N1CC[C@H](Nc2cc(CN[C@@H](C)C(C)(C)C)cc(Nc3nc4cccnc4s3)n2)C1. The summed E-state index contributed by atoms with van der Waals surface area (Å²) in [6.45, 7) is 16.5. The van der Waals surface area contributed by atoms with Crippen molar-refractivity contribution in [1.29, 1.82) is 0 Å². The minimum absolute atomic E-state index is 0.202. The van der Waals surface area contributed by atoms with E-state index in [2.05, 4.69) is 84.5 Å². The van der Waals surface area contributed by atoms with Crippen molar-refractivity contribution < 1.29 is 0 Å². The highest BCUT2D eigenvalue weighted by Gasteiger charge is 2.25. The van der Waals surface area contributed by atoms with E-state index in [1.807, 2.05) is 12.1 Å². The average Bonchev–Trinajstić information content (AvgIpc) is 3.37. The van der Waals surface area contributed by atoms with Crippen LogP contribution in [0.25, 0.3) is 10.3 Å². The van der Waals surface area contributed by atoms with E-state index in [4.69, 9.17) is 4.98 Å². The van der Waals surface area contributed by atoms with Gasteiger partial charge in [-0.05, 0) is 62.4 Å². The number of nitrogens with one attached hydrogen (secondary N) is 3. The van der Waals surface area contributed by atoms with Crippen LogP contribution in [0.15, 0.2) is 30.5 Å². The number of aromatic nitrogens is 3. The molecular formula is C25H37N7S. The summed E-state index contributed by atoms with van der Waals surface area (Å²) in [6.07, 6.45) is 2.94. The van der Waals surface area contributed by atoms with Crippen molar-refractivity contribution in [2.75, 3.05) is 23.7 Å². The van der Waals surface area contributed by atoms with Crippen LogP contribution in [0.3, 0.4) is 0 Å². The Bertz CT molecular complexity index is 1040. The fourth-order valence-electron chi connectivity index (χ4n) is 3.92. The van der Waals surface area contributed by atoms with Gasteiger partial charge in [0.2, 0.25) is 0 Å². The highest BCUT2D eigenvalue weighted by atomic mass is 32.1. The number of hydrogen-bond acceptors (Lipinski definition) is 8. The van der Waals surface area contributed by atoms with Crippen LogP contribution in [0.2, 0.25) is 0 Å². The van der Waals surface area contributed by atoms with Crippen molar-refractivity contribution in [3.63, 3.8) is 0 Å². The number of anilines is 3. The molecule has 2 atom stereocenters. The highest BCUT2D eigenvalue weighted by molar-refractivity contribution is 7.21. The van der Waals surface area contributed by atoms with E-state index in [1.54, 1.807) is 17.5 Å². The first-order valence-corrected chi connectivity index (χ1v) is 12.7. The molecule has 1 aliphatic heterocycles. The third kappa shape index (κ3) is 6.19. The monoisotopic (exact) mass is 467 g/mol. The Kier molecular flexibility index (Phi) is 7.16. The van der Waals surface area contributed by atoms with E-state index in [9.17, 15) is 0 Å². The molecule has 0 unspecified atom stereocenters. The lowest BCUT2D eigenvalue weighted by Gasteiger charge is -2.28. The van der Waals surface area contributed by atoms with Crippen LogP contribution < -0.4 is 16.0 Å². The van der Waals surface area contributed by atoms with Crippen molar-refractivity contribution in [2.45, 2.75) is 72.6 Å². The molecule has 178 valence electrons. The lowest BCUT2D eigenvalue weighted by Crippen LogP contribution is -2.37. The Labute approximate surface area is 201 Å². The number of fused-ring (bicyclic) bond motifs is 1. The van der Waals surface area contributed by atoms with Crippen LogP contribution in [-0.2, 0) is 6.54 Å². The molecule has 0 aliphatic carbocycles. The molecule has 1 aliphatic rings. The molecule has 1 fully saturated rings. The van der Waals surface area contributed by atoms with Gasteiger partial charge in [-0.1, -0.05) is 32.1 Å². The number of pyridine rings is 2. The minimum Gasteiger partial charge on any atom is -0.366 e. The first-order chi connectivity index (χ1) is 15.7. The Hall–Kier alpha value is -2.29. The van der Waals surface area contributed by atoms with Crippen LogP contribution in [-0.4, -0.2) is 51.1 Å². The quantitative estimate of drug-likeness (QED) is 0.418. The van der Waals surface area contributed by atoms with Crippen LogP contribution in [0.4, 0.5) is 16.8 Å². The van der Waals surface area contributed by atoms with E-state index in [0.717, 1.165) is 53.2 Å². The van der Waals surface area contributed by atoms with E-state index in [1.165, 1.54) is 5.56 Å². The molecule has 8 heteroatoms. The molecule has 4 heterocycles. The summed E-state index contributed by atoms with van der Waals surface area (Å²) in [5.41, 5.74) is 2.30. The number of thiazole rings is 1. The van der Waals surface area contributed by atoms with Crippen LogP contribution >= 0.6 is 11.3 Å². The molecule has 1 saturated heterocycles. The normalized spacial score (nSPS) is 18.2. The zero-order valence-electron chi connectivity index (χ0n) is 20.6. The molecule has 7 nitrogen and oxygen atoms in total. The molecule has 4 rings (SSSR count). The van der Waals surface area contributed by atoms with Crippen LogP contribution in [0.1, 0.15) is 53.5 Å². The summed E-state index contributed by atoms with van der Waals surface area (Å²) in [5.74, 6) is 1.72. The zero-order chi connectivity index (χ0) is 23.6. The molecular weight excluding hydrogens is 430 g/mol. The summed E-state index contributed by atoms with van der Waals surface area (Å²) in [5, 5.41) is 11.6. The molecule has 0 saturated carbocycles. The summed E-state index contributed by atoms with van der Waals surface area (Å²) in [6, 6.07) is 9.56. The summed E-state index contributed by atoms with van der Waals surface area (Å²) in [7, 11) is 0. The Morgan fingerprint density at radius 1 is 1.15 bits per heavy atom. The van der Waals surface area contributed by atoms with Gasteiger partial charge in [0.1, 0.15) is 22.0 Å². The van der Waals surface area contributed by atoms with E-state index in [-0.39, 0.29) is 5.41 Å². The second kappa shape index (κ2) is 9.91. The largest absolute Gasteiger partial charge is 0.366 e. The topological polar surface area (TPSA) is 78.0 Å². The summed E-state index contributed by atoms with van der Waals surface area (Å²) >= 11 is 1.55. The maximum Gasteiger partial charge on any atom is 0.190 e. The fourth-order valence-corrected chi connectivity index (χ4v) is 4.74. The van der Waals surface area contributed by atoms with Gasteiger partial charge in [-0.15, -0.1) is 0 Å². The van der Waals surface area contributed by atoms with Crippen molar-refractivity contribution in [2.24, 2.45) is 5.41 Å². The Morgan fingerprint density at radius 3 is 2.64 bits per heavy atom.